The van der Waals surface area contributed by atoms with Crippen molar-refractivity contribution in [1.29, 1.82) is 0 Å². The Labute approximate surface area is 210 Å². The Balaban J connectivity index is 0.000000766. The van der Waals surface area contributed by atoms with Crippen molar-refractivity contribution in [3.63, 3.8) is 0 Å². The molecule has 172 valence electrons. The summed E-state index contributed by atoms with van der Waals surface area (Å²) in [5.74, 6) is 1.95. The molecule has 4 rings (SSSR count). The van der Waals surface area contributed by atoms with E-state index in [9.17, 15) is 4.39 Å². The van der Waals surface area contributed by atoms with E-state index in [-0.39, 0.29) is 23.2 Å². The summed E-state index contributed by atoms with van der Waals surface area (Å²) in [6.07, 6.45) is 0. The predicted molar refractivity (Wildman–Crippen MR) is 122 cm³/mol. The molecule has 0 amide bonds. The fourth-order valence-electron chi connectivity index (χ4n) is 2.17. The zero-order valence-electron chi connectivity index (χ0n) is 17.8. The first kappa shape index (κ1) is 30.7. The molecule has 4 aromatic carbocycles. The average Bonchev–Trinajstić information content (AvgIpc) is 2.89. The van der Waals surface area contributed by atoms with Gasteiger partial charge in [-0.3, -0.25) is 0 Å². The van der Waals surface area contributed by atoms with Crippen LogP contribution in [0.3, 0.4) is 0 Å². The second-order valence-electron chi connectivity index (χ2n) is 5.73. The molecular formula is C26H20CrFO5P. The van der Waals surface area contributed by atoms with Crippen LogP contribution in [0.1, 0.15) is 0 Å². The van der Waals surface area contributed by atoms with Gasteiger partial charge in [0.1, 0.15) is 23.1 Å². The molecule has 0 saturated heterocycles. The van der Waals surface area contributed by atoms with Gasteiger partial charge in [0.2, 0.25) is 0 Å². The second-order valence-corrected chi connectivity index (χ2v) is 6.73. The van der Waals surface area contributed by atoms with Crippen molar-refractivity contribution in [1.82, 2.24) is 0 Å². The van der Waals surface area contributed by atoms with Gasteiger partial charge < -0.3 is 13.6 Å². The van der Waals surface area contributed by atoms with Crippen molar-refractivity contribution in [2.45, 2.75) is 0 Å². The summed E-state index contributed by atoms with van der Waals surface area (Å²) in [7, 11) is -1.59. The molecule has 0 bridgehead atoms. The van der Waals surface area contributed by atoms with Gasteiger partial charge in [0, 0.05) is 17.4 Å². The summed E-state index contributed by atoms with van der Waals surface area (Å²) in [6, 6.07) is 36.4. The Morgan fingerprint density at radius 1 is 0.471 bits per heavy atom. The summed E-state index contributed by atoms with van der Waals surface area (Å²) in [6.45, 7) is 9.00. The molecule has 5 nitrogen and oxygen atoms in total. The van der Waals surface area contributed by atoms with Crippen molar-refractivity contribution in [3.8, 4) is 17.2 Å². The third-order valence-electron chi connectivity index (χ3n) is 3.50. The molecule has 0 unspecified atom stereocenters. The van der Waals surface area contributed by atoms with Gasteiger partial charge in [0.05, 0.1) is 0 Å². The molecule has 0 atom stereocenters. The molecule has 0 radical (unpaired) electrons. The summed E-state index contributed by atoms with van der Waals surface area (Å²) in [5, 5.41) is 0. The molecule has 34 heavy (non-hydrogen) atoms. The van der Waals surface area contributed by atoms with Crippen LogP contribution in [-0.4, -0.2) is 0 Å². The molecule has 0 heterocycles. The van der Waals surface area contributed by atoms with E-state index in [1.807, 2.05) is 91.0 Å². The largest absolute Gasteiger partial charge is 0.530 e. The summed E-state index contributed by atoms with van der Waals surface area (Å²) in [5.41, 5.74) is 0. The third kappa shape index (κ3) is 13.3. The monoisotopic (exact) mass is 514 g/mol. The summed E-state index contributed by atoms with van der Waals surface area (Å²) in [4.78, 5) is 0. The minimum Gasteiger partial charge on any atom is -0.409 e. The smallest absolute Gasteiger partial charge is 0.409 e. The first-order chi connectivity index (χ1) is 16.3. The van der Waals surface area contributed by atoms with Gasteiger partial charge in [-0.05, 0) is 48.5 Å². The molecular weight excluding hydrogens is 494 g/mol. The van der Waals surface area contributed by atoms with Crippen LogP contribution in [0.15, 0.2) is 121 Å². The van der Waals surface area contributed by atoms with Crippen molar-refractivity contribution in [2.75, 3.05) is 0 Å². The van der Waals surface area contributed by atoms with E-state index in [2.05, 4.69) is 13.3 Å². The van der Waals surface area contributed by atoms with Crippen LogP contribution in [0, 0.1) is 19.1 Å². The van der Waals surface area contributed by atoms with E-state index in [1.165, 1.54) is 12.1 Å². The van der Waals surface area contributed by atoms with Crippen LogP contribution in [0.2, 0.25) is 0 Å². The third-order valence-corrected chi connectivity index (χ3v) is 4.58. The number of hydrogen-bond donors (Lipinski definition) is 0. The molecule has 0 aliphatic heterocycles. The van der Waals surface area contributed by atoms with E-state index in [0.29, 0.717) is 17.2 Å². The Kier molecular flexibility index (Phi) is 18.3. The Morgan fingerprint density at radius 2 is 0.706 bits per heavy atom. The predicted octanol–water partition coefficient (Wildman–Crippen LogP) is 7.20. The summed E-state index contributed by atoms with van der Waals surface area (Å²) >= 11 is 0. The first-order valence-corrected chi connectivity index (χ1v) is 10.5. The number of halogens is 1. The van der Waals surface area contributed by atoms with Crippen LogP contribution in [0.4, 0.5) is 4.39 Å². The topological polar surface area (TPSA) is 67.5 Å². The maximum Gasteiger partial charge on any atom is 0.530 e. The van der Waals surface area contributed by atoms with Crippen LogP contribution in [-0.2, 0) is 26.7 Å². The quantitative estimate of drug-likeness (QED) is 0.155. The molecule has 0 spiro atoms. The fraction of sp³-hybridized carbons (Fsp3) is 0. The van der Waals surface area contributed by atoms with Crippen LogP contribution in [0.5, 0.6) is 17.2 Å². The Hall–Kier alpha value is -3.35. The zero-order valence-corrected chi connectivity index (χ0v) is 20.0. The molecule has 0 aliphatic rings. The standard InChI is InChI=1S/C18H15O3P.C6H5F.2CO.Cr/c1-4-10-16(11-5-1)19-22(20-17-12-6-2-7-13-17)21-18-14-8-3-9-15-18;7-6-4-2-1-3-5-6;2*1-2;/h1-15H;1-5H;;;. The molecule has 0 N–H and O–H groups in total. The first-order valence-electron chi connectivity index (χ1n) is 9.40. The molecule has 0 aromatic heterocycles. The van der Waals surface area contributed by atoms with Gasteiger partial charge in [-0.1, -0.05) is 72.8 Å². The maximum atomic E-state index is 11.9. The summed E-state index contributed by atoms with van der Waals surface area (Å²) < 4.78 is 44.4. The number of hydrogen-bond acceptors (Lipinski definition) is 3. The van der Waals surface area contributed by atoms with E-state index in [0.717, 1.165) is 0 Å². The minimum atomic E-state index is -1.59. The van der Waals surface area contributed by atoms with Gasteiger partial charge >= 0.3 is 31.2 Å². The van der Waals surface area contributed by atoms with E-state index in [4.69, 9.17) is 22.9 Å². The van der Waals surface area contributed by atoms with Crippen LogP contribution < -0.4 is 13.6 Å². The van der Waals surface area contributed by atoms with Gasteiger partial charge in [0.15, 0.2) is 0 Å². The SMILES string of the molecule is Fc1ccccc1.[C-]#[O+].[C-]#[O+].[Cr].c1ccc(OP(Oc2ccccc2)Oc2ccccc2)cc1. The number of para-hydroxylation sites is 3. The van der Waals surface area contributed by atoms with Crippen molar-refractivity contribution in [3.05, 3.63) is 140 Å². The van der Waals surface area contributed by atoms with Gasteiger partial charge in [-0.15, -0.1) is 0 Å². The average molecular weight is 514 g/mol. The van der Waals surface area contributed by atoms with Crippen molar-refractivity contribution in [2.24, 2.45) is 0 Å². The van der Waals surface area contributed by atoms with Crippen LogP contribution in [0.25, 0.3) is 0 Å². The van der Waals surface area contributed by atoms with Gasteiger partial charge in [0.25, 0.3) is 0 Å². The van der Waals surface area contributed by atoms with Gasteiger partial charge in [-0.25, -0.2) is 4.39 Å². The molecule has 4 aromatic rings. The van der Waals surface area contributed by atoms with Crippen molar-refractivity contribution < 1.29 is 44.6 Å². The molecule has 0 fully saturated rings. The zero-order chi connectivity index (χ0) is 24.2. The van der Waals surface area contributed by atoms with E-state index >= 15 is 0 Å². The van der Waals surface area contributed by atoms with E-state index < -0.39 is 8.60 Å². The second kappa shape index (κ2) is 20.3. The maximum absolute atomic E-state index is 11.9. The molecule has 8 heteroatoms. The van der Waals surface area contributed by atoms with Gasteiger partial charge in [-0.2, -0.15) is 0 Å². The normalized spacial score (nSPS) is 8.53. The fourth-order valence-corrected chi connectivity index (χ4v) is 3.17. The Morgan fingerprint density at radius 3 is 0.912 bits per heavy atom. The number of rotatable bonds is 6. The number of benzene rings is 4. The van der Waals surface area contributed by atoms with E-state index in [1.54, 1.807) is 18.2 Å². The minimum absolute atomic E-state index is 0. The Bertz CT molecular complexity index is 932. The molecule has 0 saturated carbocycles. The molecule has 0 aliphatic carbocycles. The van der Waals surface area contributed by atoms with Crippen molar-refractivity contribution >= 4 is 8.60 Å². The van der Waals surface area contributed by atoms with Crippen LogP contribution >= 0.6 is 8.60 Å².